The number of carbonyl (C=O) groups is 4. The molecule has 0 aromatic heterocycles. The predicted molar refractivity (Wildman–Crippen MR) is 52.6 cm³/mol. The molecule has 0 aliphatic carbocycles. The molecule has 6 nitrogen and oxygen atoms in total. The lowest BCUT2D eigenvalue weighted by atomic mass is 9.72. The first-order valence-electron chi connectivity index (χ1n) is 4.51. The molecule has 6 heteroatoms. The lowest BCUT2D eigenvalue weighted by molar-refractivity contribution is -0.187. The van der Waals surface area contributed by atoms with Crippen molar-refractivity contribution < 1.29 is 29.4 Å². The molecule has 0 aliphatic rings. The maximum Gasteiger partial charge on any atom is 0.224 e. The third-order valence-electron chi connectivity index (χ3n) is 2.56. The van der Waals surface area contributed by atoms with Gasteiger partial charge in [-0.2, -0.15) is 0 Å². The first kappa shape index (κ1) is 14.6. The fourth-order valence-electron chi connectivity index (χ4n) is 1.51. The van der Waals surface area contributed by atoms with E-state index in [1.807, 2.05) is 0 Å². The van der Waals surface area contributed by atoms with E-state index in [4.69, 9.17) is 0 Å². The zero-order valence-electron chi connectivity index (χ0n) is 9.53. The summed E-state index contributed by atoms with van der Waals surface area (Å²) in [5, 5.41) is 19.7. The van der Waals surface area contributed by atoms with Crippen molar-refractivity contribution in [1.82, 2.24) is 0 Å². The molecule has 0 rings (SSSR count). The summed E-state index contributed by atoms with van der Waals surface area (Å²) in [5.74, 6) is -4.64. The molecule has 0 saturated heterocycles. The summed E-state index contributed by atoms with van der Waals surface area (Å²) >= 11 is 0. The number of aliphatic hydroxyl groups is 2. The smallest absolute Gasteiger partial charge is 0.224 e. The van der Waals surface area contributed by atoms with E-state index in [2.05, 4.69) is 0 Å². The van der Waals surface area contributed by atoms with Crippen LogP contribution >= 0.6 is 0 Å². The molecular weight excluding hydrogens is 216 g/mol. The van der Waals surface area contributed by atoms with Crippen LogP contribution in [0.25, 0.3) is 0 Å². The minimum Gasteiger partial charge on any atom is -0.372 e. The fraction of sp³-hybridized carbons (Fsp3) is 0.600. The van der Waals surface area contributed by atoms with Crippen LogP contribution in [0.3, 0.4) is 0 Å². The second-order valence-electron chi connectivity index (χ2n) is 3.65. The van der Waals surface area contributed by atoms with Gasteiger partial charge in [0.05, 0.1) is 0 Å². The number of hydrogen-bond acceptors (Lipinski definition) is 6. The molecule has 0 spiro atoms. The maximum atomic E-state index is 11.2. The van der Waals surface area contributed by atoms with Gasteiger partial charge < -0.3 is 10.2 Å². The minimum atomic E-state index is -3.02. The van der Waals surface area contributed by atoms with E-state index >= 15 is 0 Å². The van der Waals surface area contributed by atoms with Gasteiger partial charge in [0.25, 0.3) is 0 Å². The highest BCUT2D eigenvalue weighted by Crippen LogP contribution is 2.27. The Morgan fingerprint density at radius 1 is 0.625 bits per heavy atom. The molecule has 90 valence electrons. The summed E-state index contributed by atoms with van der Waals surface area (Å²) < 4.78 is 0. The lowest BCUT2D eigenvalue weighted by Crippen LogP contribution is -2.69. The fourth-order valence-corrected chi connectivity index (χ4v) is 1.51. The number of rotatable bonds is 5. The van der Waals surface area contributed by atoms with Gasteiger partial charge in [-0.1, -0.05) is 0 Å². The molecule has 16 heavy (non-hydrogen) atoms. The normalized spacial score (nSPS) is 12.1. The SMILES string of the molecule is CC(=O)C(O)(C(C)=O)C(O)(C(C)=O)C(C)=O. The monoisotopic (exact) mass is 230 g/mol. The lowest BCUT2D eigenvalue weighted by Gasteiger charge is -2.35. The summed E-state index contributed by atoms with van der Waals surface area (Å²) in [4.78, 5) is 44.9. The number of Topliss-reactive ketones (excluding diaryl/α,β-unsaturated/α-hetero) is 4. The molecule has 0 aromatic rings. The summed E-state index contributed by atoms with van der Waals surface area (Å²) in [7, 11) is 0. The molecule has 2 N–H and O–H groups in total. The van der Waals surface area contributed by atoms with E-state index < -0.39 is 34.3 Å². The van der Waals surface area contributed by atoms with Gasteiger partial charge in [0.2, 0.25) is 11.2 Å². The molecule has 0 unspecified atom stereocenters. The zero-order valence-corrected chi connectivity index (χ0v) is 9.53. The quantitative estimate of drug-likeness (QED) is 0.574. The highest BCUT2D eigenvalue weighted by Gasteiger charge is 2.62. The average Bonchev–Trinajstić information content (AvgIpc) is 2.13. The van der Waals surface area contributed by atoms with Crippen molar-refractivity contribution in [3.63, 3.8) is 0 Å². The Hall–Kier alpha value is -1.40. The Bertz CT molecular complexity index is 304. The van der Waals surface area contributed by atoms with Crippen LogP contribution in [-0.4, -0.2) is 44.5 Å². The third kappa shape index (κ3) is 1.70. The molecular formula is C10H14O6. The van der Waals surface area contributed by atoms with Crippen LogP contribution in [0.15, 0.2) is 0 Å². The standard InChI is InChI=1S/C10H14O6/c1-5(11)9(15,6(2)12)10(16,7(3)13)8(4)14/h15-16H,1-4H3. The largest absolute Gasteiger partial charge is 0.372 e. The Balaban J connectivity index is 6.05. The van der Waals surface area contributed by atoms with Crippen molar-refractivity contribution in [2.75, 3.05) is 0 Å². The Morgan fingerprint density at radius 2 is 0.750 bits per heavy atom. The van der Waals surface area contributed by atoms with E-state index in [1.54, 1.807) is 0 Å². The van der Waals surface area contributed by atoms with Crippen LogP contribution in [0, 0.1) is 0 Å². The van der Waals surface area contributed by atoms with Gasteiger partial charge in [-0.05, 0) is 27.7 Å². The van der Waals surface area contributed by atoms with E-state index in [-0.39, 0.29) is 0 Å². The van der Waals surface area contributed by atoms with Gasteiger partial charge >= 0.3 is 0 Å². The average molecular weight is 230 g/mol. The number of hydrogen-bond donors (Lipinski definition) is 2. The second-order valence-corrected chi connectivity index (χ2v) is 3.65. The van der Waals surface area contributed by atoms with Crippen LogP contribution in [0.1, 0.15) is 27.7 Å². The molecule has 0 atom stereocenters. The predicted octanol–water partition coefficient (Wildman–Crippen LogP) is -1.20. The van der Waals surface area contributed by atoms with Gasteiger partial charge in [-0.3, -0.25) is 19.2 Å². The summed E-state index contributed by atoms with van der Waals surface area (Å²) in [6.07, 6.45) is 0. The molecule has 0 fully saturated rings. The van der Waals surface area contributed by atoms with Gasteiger partial charge in [0, 0.05) is 0 Å². The molecule has 0 amide bonds. The van der Waals surface area contributed by atoms with Gasteiger partial charge in [-0.15, -0.1) is 0 Å². The Labute approximate surface area is 92.3 Å². The van der Waals surface area contributed by atoms with Crippen LogP contribution < -0.4 is 0 Å². The second kappa shape index (κ2) is 4.23. The summed E-state index contributed by atoms with van der Waals surface area (Å²) in [5.41, 5.74) is -6.05. The Morgan fingerprint density at radius 3 is 0.812 bits per heavy atom. The van der Waals surface area contributed by atoms with Crippen LogP contribution in [0.4, 0.5) is 0 Å². The first-order chi connectivity index (χ1) is 7.02. The molecule has 0 saturated carbocycles. The van der Waals surface area contributed by atoms with Crippen molar-refractivity contribution in [2.24, 2.45) is 0 Å². The van der Waals surface area contributed by atoms with Crippen molar-refractivity contribution in [1.29, 1.82) is 0 Å². The first-order valence-corrected chi connectivity index (χ1v) is 4.51. The van der Waals surface area contributed by atoms with E-state index in [0.29, 0.717) is 0 Å². The van der Waals surface area contributed by atoms with Crippen molar-refractivity contribution >= 4 is 23.1 Å². The zero-order chi connectivity index (χ0) is 13.3. The van der Waals surface area contributed by atoms with E-state index in [1.165, 1.54) is 0 Å². The topological polar surface area (TPSA) is 109 Å². The van der Waals surface area contributed by atoms with Crippen LogP contribution in [0.2, 0.25) is 0 Å². The number of ketones is 4. The molecule has 0 bridgehead atoms. The van der Waals surface area contributed by atoms with E-state index in [0.717, 1.165) is 27.7 Å². The molecule has 0 aromatic carbocycles. The van der Waals surface area contributed by atoms with Gasteiger partial charge in [0.15, 0.2) is 23.1 Å². The Kier molecular flexibility index (Phi) is 3.86. The van der Waals surface area contributed by atoms with Crippen molar-refractivity contribution in [3.8, 4) is 0 Å². The van der Waals surface area contributed by atoms with Crippen molar-refractivity contribution in [3.05, 3.63) is 0 Å². The van der Waals surface area contributed by atoms with Crippen molar-refractivity contribution in [2.45, 2.75) is 38.9 Å². The third-order valence-corrected chi connectivity index (χ3v) is 2.56. The molecule has 0 heterocycles. The number of carbonyl (C=O) groups excluding carboxylic acids is 4. The summed E-state index contributed by atoms with van der Waals surface area (Å²) in [6, 6.07) is 0. The minimum absolute atomic E-state index is 0.818. The van der Waals surface area contributed by atoms with Crippen LogP contribution in [-0.2, 0) is 19.2 Å². The highest BCUT2D eigenvalue weighted by atomic mass is 16.4. The highest BCUT2D eigenvalue weighted by molar-refractivity contribution is 6.23. The molecule has 0 aliphatic heterocycles. The maximum absolute atomic E-state index is 11.2. The van der Waals surface area contributed by atoms with E-state index in [9.17, 15) is 29.4 Å². The summed E-state index contributed by atoms with van der Waals surface area (Å²) in [6.45, 7) is 3.27. The van der Waals surface area contributed by atoms with Gasteiger partial charge in [-0.25, -0.2) is 0 Å². The van der Waals surface area contributed by atoms with Crippen LogP contribution in [0.5, 0.6) is 0 Å². The van der Waals surface area contributed by atoms with Gasteiger partial charge in [0.1, 0.15) is 0 Å². The molecule has 0 radical (unpaired) electrons.